The lowest BCUT2D eigenvalue weighted by Gasteiger charge is -2.40. The number of nitrogens with zero attached hydrogens (tertiary/aromatic N) is 2. The summed E-state index contributed by atoms with van der Waals surface area (Å²) in [6, 6.07) is 0. The minimum absolute atomic E-state index is 0.910. The third kappa shape index (κ3) is 3.19. The average molecular weight is 238 g/mol. The van der Waals surface area contributed by atoms with Gasteiger partial charge in [0.25, 0.3) is 0 Å². The van der Waals surface area contributed by atoms with Crippen molar-refractivity contribution >= 4 is 9.12 Å². The van der Waals surface area contributed by atoms with Gasteiger partial charge in [0.05, 0.1) is 0 Å². The molecular formula is C13H26N2Si. The van der Waals surface area contributed by atoms with Crippen molar-refractivity contribution in [1.82, 2.24) is 9.13 Å². The van der Waals surface area contributed by atoms with Gasteiger partial charge >= 0.3 is 0 Å². The summed E-state index contributed by atoms with van der Waals surface area (Å²) in [5, 5.41) is 0. The van der Waals surface area contributed by atoms with Crippen LogP contribution in [-0.4, -0.2) is 44.4 Å². The van der Waals surface area contributed by atoms with Crippen LogP contribution in [0.15, 0.2) is 11.8 Å². The van der Waals surface area contributed by atoms with Crippen LogP contribution in [0, 0.1) is 0 Å². The first-order valence-electron chi connectivity index (χ1n) is 7.03. The molecule has 0 N–H and O–H groups in total. The molecule has 0 amide bonds. The molecule has 3 heteroatoms. The quantitative estimate of drug-likeness (QED) is 0.696. The maximum absolute atomic E-state index is 2.81. The molecule has 0 aliphatic carbocycles. The third-order valence-corrected chi connectivity index (χ3v) is 7.15. The van der Waals surface area contributed by atoms with Gasteiger partial charge in [0.1, 0.15) is 0 Å². The first kappa shape index (κ1) is 12.3. The van der Waals surface area contributed by atoms with Gasteiger partial charge in [-0.15, -0.1) is 0 Å². The van der Waals surface area contributed by atoms with Crippen LogP contribution in [0.1, 0.15) is 45.4 Å². The molecular weight excluding hydrogens is 212 g/mol. The molecule has 2 aliphatic rings. The van der Waals surface area contributed by atoms with Crippen molar-refractivity contribution in [2.45, 2.75) is 45.4 Å². The Balaban J connectivity index is 1.96. The molecule has 2 saturated heterocycles. The summed E-state index contributed by atoms with van der Waals surface area (Å²) in [5.41, 5.74) is 2.54. The lowest BCUT2D eigenvalue weighted by Crippen LogP contribution is -2.54. The number of hydrogen-bond acceptors (Lipinski definition) is 2. The van der Waals surface area contributed by atoms with E-state index < -0.39 is 9.12 Å². The summed E-state index contributed by atoms with van der Waals surface area (Å²) < 4.78 is 5.63. The van der Waals surface area contributed by atoms with Gasteiger partial charge in [-0.05, 0) is 58.8 Å². The molecule has 2 aliphatic heterocycles. The molecule has 0 saturated carbocycles. The van der Waals surface area contributed by atoms with E-state index >= 15 is 0 Å². The molecule has 0 atom stereocenters. The van der Waals surface area contributed by atoms with Gasteiger partial charge in [-0.1, -0.05) is 24.6 Å². The van der Waals surface area contributed by atoms with E-state index in [1.165, 1.54) is 64.7 Å². The van der Waals surface area contributed by atoms with E-state index in [2.05, 4.69) is 27.8 Å². The molecule has 92 valence electrons. The predicted octanol–water partition coefficient (Wildman–Crippen LogP) is 2.29. The van der Waals surface area contributed by atoms with Gasteiger partial charge in [-0.3, -0.25) is 0 Å². The molecule has 16 heavy (non-hydrogen) atoms. The largest absolute Gasteiger partial charge is 0.311 e. The second-order valence-corrected chi connectivity index (χ2v) is 7.81. The summed E-state index contributed by atoms with van der Waals surface area (Å²) in [7, 11) is -0.910. The van der Waals surface area contributed by atoms with Crippen molar-refractivity contribution in [2.24, 2.45) is 0 Å². The van der Waals surface area contributed by atoms with Crippen molar-refractivity contribution < 1.29 is 0 Å². The lowest BCUT2D eigenvalue weighted by atomic mass is 10.2. The van der Waals surface area contributed by atoms with Crippen molar-refractivity contribution in [3.63, 3.8) is 0 Å². The minimum Gasteiger partial charge on any atom is -0.311 e. The van der Waals surface area contributed by atoms with E-state index in [4.69, 9.17) is 0 Å². The minimum atomic E-state index is -0.910. The van der Waals surface area contributed by atoms with Gasteiger partial charge in [0, 0.05) is 0 Å². The standard InChI is InChI=1S/C13H26N2Si/c1-2-13-16(14-9-5-3-6-10-14)15-11-7-4-8-12-15/h2,13,16H,3-12H2,1H3. The second-order valence-electron chi connectivity index (χ2n) is 5.13. The summed E-state index contributed by atoms with van der Waals surface area (Å²) in [5.74, 6) is 0. The summed E-state index contributed by atoms with van der Waals surface area (Å²) in [6.45, 7) is 7.62. The Labute approximate surface area is 102 Å². The zero-order valence-electron chi connectivity index (χ0n) is 10.7. The fraction of sp³-hybridized carbons (Fsp3) is 0.846. The highest BCUT2D eigenvalue weighted by molar-refractivity contribution is 6.58. The Kier molecular flexibility index (Phi) is 5.07. The predicted molar refractivity (Wildman–Crippen MR) is 72.8 cm³/mol. The highest BCUT2D eigenvalue weighted by Gasteiger charge is 2.26. The fourth-order valence-electron chi connectivity index (χ4n) is 3.01. The molecule has 0 aromatic rings. The van der Waals surface area contributed by atoms with Crippen molar-refractivity contribution in [2.75, 3.05) is 26.2 Å². The zero-order valence-corrected chi connectivity index (χ0v) is 11.9. The normalized spacial score (nSPS) is 25.6. The summed E-state index contributed by atoms with van der Waals surface area (Å²) in [4.78, 5) is 0. The Morgan fingerprint density at radius 2 is 1.19 bits per heavy atom. The van der Waals surface area contributed by atoms with Crippen LogP contribution in [0.2, 0.25) is 0 Å². The molecule has 0 aromatic carbocycles. The Morgan fingerprint density at radius 3 is 1.56 bits per heavy atom. The molecule has 2 rings (SSSR count). The number of hydrogen-bond donors (Lipinski definition) is 0. The second kappa shape index (κ2) is 6.57. The van der Waals surface area contributed by atoms with Crippen molar-refractivity contribution in [3.05, 3.63) is 11.8 Å². The van der Waals surface area contributed by atoms with E-state index in [1.54, 1.807) is 0 Å². The first-order chi connectivity index (χ1) is 7.92. The number of allylic oxidation sites excluding steroid dienone is 1. The van der Waals surface area contributed by atoms with E-state index in [9.17, 15) is 0 Å². The maximum Gasteiger partial charge on any atom is 0.215 e. The Morgan fingerprint density at radius 1 is 0.750 bits per heavy atom. The van der Waals surface area contributed by atoms with Gasteiger partial charge in [0.15, 0.2) is 0 Å². The molecule has 2 nitrogen and oxygen atoms in total. The van der Waals surface area contributed by atoms with Crippen LogP contribution in [0.4, 0.5) is 0 Å². The smallest absolute Gasteiger partial charge is 0.215 e. The third-order valence-electron chi connectivity index (χ3n) is 3.89. The monoisotopic (exact) mass is 238 g/mol. The molecule has 0 bridgehead atoms. The van der Waals surface area contributed by atoms with Crippen LogP contribution in [0.3, 0.4) is 0 Å². The van der Waals surface area contributed by atoms with E-state index in [0.717, 1.165) is 0 Å². The first-order valence-corrected chi connectivity index (χ1v) is 8.72. The Bertz CT molecular complexity index is 200. The van der Waals surface area contributed by atoms with Gasteiger partial charge < -0.3 is 9.13 Å². The topological polar surface area (TPSA) is 6.48 Å². The molecule has 0 aromatic heterocycles. The highest BCUT2D eigenvalue weighted by Crippen LogP contribution is 2.17. The zero-order chi connectivity index (χ0) is 11.2. The molecule has 2 fully saturated rings. The molecule has 0 spiro atoms. The Hall–Kier alpha value is -0.123. The van der Waals surface area contributed by atoms with Gasteiger partial charge in [-0.2, -0.15) is 0 Å². The highest BCUT2D eigenvalue weighted by atomic mass is 28.3. The van der Waals surface area contributed by atoms with Crippen molar-refractivity contribution in [3.8, 4) is 0 Å². The number of piperidine rings is 2. The number of rotatable bonds is 3. The van der Waals surface area contributed by atoms with E-state index in [1.807, 2.05) is 0 Å². The SMILES string of the molecule is CC=C[SiH](N1CCCCC1)N1CCCCC1. The van der Waals surface area contributed by atoms with Crippen LogP contribution >= 0.6 is 0 Å². The fourth-order valence-corrected chi connectivity index (χ4v) is 6.09. The lowest BCUT2D eigenvalue weighted by molar-refractivity contribution is 0.284. The molecule has 0 radical (unpaired) electrons. The van der Waals surface area contributed by atoms with Crippen molar-refractivity contribution in [1.29, 1.82) is 0 Å². The summed E-state index contributed by atoms with van der Waals surface area (Å²) in [6.07, 6.45) is 10.9. The van der Waals surface area contributed by atoms with Crippen LogP contribution in [0.25, 0.3) is 0 Å². The van der Waals surface area contributed by atoms with Gasteiger partial charge in [-0.25, -0.2) is 0 Å². The van der Waals surface area contributed by atoms with E-state index in [0.29, 0.717) is 0 Å². The average Bonchev–Trinajstić information content (AvgIpc) is 2.38. The molecule has 0 unspecified atom stereocenters. The van der Waals surface area contributed by atoms with E-state index in [-0.39, 0.29) is 0 Å². The van der Waals surface area contributed by atoms with Crippen LogP contribution in [0.5, 0.6) is 0 Å². The van der Waals surface area contributed by atoms with Crippen LogP contribution < -0.4 is 0 Å². The maximum atomic E-state index is 2.81. The summed E-state index contributed by atoms with van der Waals surface area (Å²) >= 11 is 0. The molecule has 2 heterocycles. The van der Waals surface area contributed by atoms with Gasteiger partial charge in [0.2, 0.25) is 9.12 Å². The van der Waals surface area contributed by atoms with Crippen LogP contribution in [-0.2, 0) is 0 Å².